The zero-order chi connectivity index (χ0) is 25.5. The molecule has 4 rings (SSSR count). The van der Waals surface area contributed by atoms with Gasteiger partial charge in [-0.3, -0.25) is 0 Å². The first-order chi connectivity index (χ1) is 16.3. The highest BCUT2D eigenvalue weighted by Crippen LogP contribution is 2.36. The van der Waals surface area contributed by atoms with E-state index >= 15 is 0 Å². The minimum atomic E-state index is -4.69. The van der Waals surface area contributed by atoms with Crippen molar-refractivity contribution in [1.82, 2.24) is 23.8 Å². The Morgan fingerprint density at radius 2 is 2.00 bits per heavy atom. The molecule has 1 fully saturated rings. The molecule has 1 N–H and O–H groups in total. The van der Waals surface area contributed by atoms with Crippen LogP contribution in [0.5, 0.6) is 0 Å². The third-order valence-corrected chi connectivity index (χ3v) is 8.00. The SMILES string of the molecule is C[C@@H]1CN(S(C)(=O)=O)CC[C@@H]1Nc1ncc(C(F)(F)F)c(-c2cn(-c3ccc(I)cc3Cl)cn2)n1. The predicted octanol–water partition coefficient (Wildman–Crippen LogP) is 4.69. The highest BCUT2D eigenvalue weighted by Gasteiger charge is 2.37. The molecular formula is C21H21ClF3IN6O2S. The molecule has 188 valence electrons. The first-order valence-corrected chi connectivity index (χ1v) is 13.8. The average molecular weight is 641 g/mol. The minimum Gasteiger partial charge on any atom is -0.351 e. The van der Waals surface area contributed by atoms with Crippen LogP contribution in [0.15, 0.2) is 36.9 Å². The molecule has 0 unspecified atom stereocenters. The van der Waals surface area contributed by atoms with Gasteiger partial charge in [0, 0.05) is 35.1 Å². The van der Waals surface area contributed by atoms with Gasteiger partial charge < -0.3 is 9.88 Å². The third-order valence-electron chi connectivity index (χ3n) is 5.76. The molecule has 0 bridgehead atoms. The monoisotopic (exact) mass is 640 g/mol. The van der Waals surface area contributed by atoms with Crippen molar-refractivity contribution in [2.24, 2.45) is 5.92 Å². The second-order valence-corrected chi connectivity index (χ2v) is 12.0. The van der Waals surface area contributed by atoms with E-state index in [9.17, 15) is 21.6 Å². The Morgan fingerprint density at radius 3 is 2.63 bits per heavy atom. The Hall–Kier alpha value is -1.97. The number of aromatic nitrogens is 4. The number of hydrogen-bond acceptors (Lipinski definition) is 6. The standard InChI is InChI=1S/C21H21ClF3IN6O2S/c1-12-9-32(35(2,33)34)6-5-16(12)29-20-27-8-14(21(23,24)25)19(30-20)17-10-31(11-28-17)18-4-3-13(26)7-15(18)22/h3-4,7-8,10-12,16H,5-6,9H2,1-2H3,(H,27,29,30)/t12-,16+/m1/s1. The van der Waals surface area contributed by atoms with Gasteiger partial charge >= 0.3 is 6.18 Å². The highest BCUT2D eigenvalue weighted by molar-refractivity contribution is 14.1. The van der Waals surface area contributed by atoms with Crippen molar-refractivity contribution in [1.29, 1.82) is 0 Å². The van der Waals surface area contributed by atoms with Crippen LogP contribution in [0.25, 0.3) is 17.1 Å². The number of sulfonamides is 1. The number of alkyl halides is 3. The smallest absolute Gasteiger partial charge is 0.351 e. The van der Waals surface area contributed by atoms with E-state index in [0.29, 0.717) is 30.2 Å². The fourth-order valence-electron chi connectivity index (χ4n) is 3.91. The summed E-state index contributed by atoms with van der Waals surface area (Å²) >= 11 is 8.41. The molecule has 3 heterocycles. The summed E-state index contributed by atoms with van der Waals surface area (Å²) in [5, 5.41) is 3.50. The van der Waals surface area contributed by atoms with Crippen molar-refractivity contribution in [3.05, 3.63) is 51.1 Å². The Bertz CT molecular complexity index is 1350. The van der Waals surface area contributed by atoms with E-state index in [4.69, 9.17) is 11.6 Å². The van der Waals surface area contributed by atoms with Crippen molar-refractivity contribution >= 4 is 50.2 Å². The van der Waals surface area contributed by atoms with Gasteiger partial charge in [-0.1, -0.05) is 18.5 Å². The van der Waals surface area contributed by atoms with Crippen LogP contribution in [0.1, 0.15) is 18.9 Å². The van der Waals surface area contributed by atoms with E-state index in [0.717, 1.165) is 16.0 Å². The maximum absolute atomic E-state index is 13.8. The van der Waals surface area contributed by atoms with E-state index in [-0.39, 0.29) is 29.3 Å². The largest absolute Gasteiger partial charge is 0.420 e. The van der Waals surface area contributed by atoms with Crippen LogP contribution in [-0.2, 0) is 16.2 Å². The van der Waals surface area contributed by atoms with Gasteiger partial charge in [-0.2, -0.15) is 13.2 Å². The second-order valence-electron chi connectivity index (χ2n) is 8.35. The molecule has 35 heavy (non-hydrogen) atoms. The van der Waals surface area contributed by atoms with Crippen molar-refractivity contribution in [3.63, 3.8) is 0 Å². The van der Waals surface area contributed by atoms with Crippen LogP contribution < -0.4 is 5.32 Å². The van der Waals surface area contributed by atoms with Gasteiger partial charge in [-0.05, 0) is 53.1 Å². The van der Waals surface area contributed by atoms with Gasteiger partial charge in [-0.25, -0.2) is 27.7 Å². The molecule has 0 saturated carbocycles. The summed E-state index contributed by atoms with van der Waals surface area (Å²) in [6.07, 6.45) is 0.476. The Morgan fingerprint density at radius 1 is 1.26 bits per heavy atom. The fraction of sp³-hybridized carbons (Fsp3) is 0.381. The van der Waals surface area contributed by atoms with Gasteiger partial charge in [0.15, 0.2) is 0 Å². The van der Waals surface area contributed by atoms with E-state index in [1.807, 2.05) is 13.0 Å². The molecule has 0 radical (unpaired) electrons. The molecule has 0 amide bonds. The second kappa shape index (κ2) is 9.82. The summed E-state index contributed by atoms with van der Waals surface area (Å²) in [5.74, 6) is -0.0884. The summed E-state index contributed by atoms with van der Waals surface area (Å²) < 4.78 is 68.8. The topological polar surface area (TPSA) is 93.0 Å². The van der Waals surface area contributed by atoms with Crippen molar-refractivity contribution in [2.75, 3.05) is 24.7 Å². The maximum Gasteiger partial charge on any atom is 0.420 e. The number of piperidine rings is 1. The molecular weight excluding hydrogens is 620 g/mol. The lowest BCUT2D eigenvalue weighted by atomic mass is 9.95. The zero-order valence-electron chi connectivity index (χ0n) is 18.6. The summed E-state index contributed by atoms with van der Waals surface area (Å²) in [6, 6.07) is 5.10. The molecule has 8 nitrogen and oxygen atoms in total. The summed E-state index contributed by atoms with van der Waals surface area (Å²) in [7, 11) is -3.32. The minimum absolute atomic E-state index is 0.0114. The molecule has 2 aromatic heterocycles. The predicted molar refractivity (Wildman–Crippen MR) is 135 cm³/mol. The lowest BCUT2D eigenvalue weighted by Crippen LogP contribution is -2.47. The van der Waals surface area contributed by atoms with Crippen molar-refractivity contribution in [3.8, 4) is 17.1 Å². The van der Waals surface area contributed by atoms with Crippen molar-refractivity contribution < 1.29 is 21.6 Å². The maximum atomic E-state index is 13.8. The van der Waals surface area contributed by atoms with Crippen LogP contribution in [0.3, 0.4) is 0 Å². The van der Waals surface area contributed by atoms with Crippen LogP contribution in [0, 0.1) is 9.49 Å². The number of halogens is 5. The molecule has 2 atom stereocenters. The van der Waals surface area contributed by atoms with E-state index in [1.54, 1.807) is 12.1 Å². The number of nitrogens with zero attached hydrogens (tertiary/aromatic N) is 5. The van der Waals surface area contributed by atoms with Crippen LogP contribution in [-0.4, -0.2) is 57.6 Å². The Labute approximate surface area is 219 Å². The number of imidazole rings is 1. The zero-order valence-corrected chi connectivity index (χ0v) is 22.3. The quantitative estimate of drug-likeness (QED) is 0.407. The molecule has 1 aromatic carbocycles. The third kappa shape index (κ3) is 5.89. The van der Waals surface area contributed by atoms with Crippen LogP contribution in [0.4, 0.5) is 19.1 Å². The molecule has 0 aliphatic carbocycles. The van der Waals surface area contributed by atoms with Gasteiger partial charge in [0.2, 0.25) is 16.0 Å². The summed E-state index contributed by atoms with van der Waals surface area (Å²) in [5.41, 5.74) is -0.797. The number of nitrogens with one attached hydrogen (secondary N) is 1. The molecule has 0 spiro atoms. The van der Waals surface area contributed by atoms with E-state index in [1.165, 1.54) is 21.4 Å². The molecule has 1 saturated heterocycles. The van der Waals surface area contributed by atoms with Crippen LogP contribution in [0.2, 0.25) is 5.02 Å². The summed E-state index contributed by atoms with van der Waals surface area (Å²) in [6.45, 7) is 2.47. The van der Waals surface area contributed by atoms with Gasteiger partial charge in [0.05, 0.1) is 17.0 Å². The van der Waals surface area contributed by atoms with Gasteiger partial charge in [0.1, 0.15) is 23.3 Å². The number of hydrogen-bond donors (Lipinski definition) is 1. The lowest BCUT2D eigenvalue weighted by molar-refractivity contribution is -0.137. The first-order valence-electron chi connectivity index (χ1n) is 10.5. The normalized spacial score (nSPS) is 19.6. The molecule has 1 aliphatic rings. The first kappa shape index (κ1) is 26.1. The lowest BCUT2D eigenvalue weighted by Gasteiger charge is -2.35. The van der Waals surface area contributed by atoms with E-state index < -0.39 is 21.8 Å². The van der Waals surface area contributed by atoms with Crippen LogP contribution >= 0.6 is 34.2 Å². The number of anilines is 1. The van der Waals surface area contributed by atoms with Gasteiger partial charge in [0.25, 0.3) is 0 Å². The highest BCUT2D eigenvalue weighted by atomic mass is 127. The molecule has 1 aliphatic heterocycles. The molecule has 14 heteroatoms. The average Bonchev–Trinajstić information content (AvgIpc) is 3.23. The Balaban J connectivity index is 1.64. The van der Waals surface area contributed by atoms with E-state index in [2.05, 4.69) is 42.9 Å². The fourth-order valence-corrected chi connectivity index (χ4v) is 5.81. The van der Waals surface area contributed by atoms with Crippen molar-refractivity contribution in [2.45, 2.75) is 25.6 Å². The van der Waals surface area contributed by atoms with Gasteiger partial charge in [-0.15, -0.1) is 0 Å². The Kier molecular flexibility index (Phi) is 7.33. The number of benzene rings is 1. The number of rotatable bonds is 5. The molecule has 3 aromatic rings. The summed E-state index contributed by atoms with van der Waals surface area (Å²) in [4.78, 5) is 12.2.